The fraction of sp³-hybridized carbons (Fsp3) is 0.643. The molecule has 3 rings (SSSR count). The minimum atomic E-state index is 0.125. The Morgan fingerprint density at radius 3 is 2.79 bits per heavy atom. The lowest BCUT2D eigenvalue weighted by molar-refractivity contribution is -0.136. The zero-order chi connectivity index (χ0) is 13.4. The molecule has 1 saturated heterocycles. The summed E-state index contributed by atoms with van der Waals surface area (Å²) >= 11 is 0. The predicted molar refractivity (Wildman–Crippen MR) is 72.7 cm³/mol. The molecule has 1 atom stereocenters. The number of likely N-dealkylation sites (tertiary alicyclic amines) is 1. The standard InChI is InChI=1S/C14H20N4O/c1-9-16-12(13-5-6-18(13)10(2)19)7-14(17-9)15-8-11-3-4-11/h7,11,13H,3-6,8H2,1-2H3,(H,15,16,17). The molecule has 1 unspecified atom stereocenters. The molecule has 0 radical (unpaired) electrons. The molecule has 5 nitrogen and oxygen atoms in total. The number of aromatic nitrogens is 2. The van der Waals surface area contributed by atoms with E-state index in [1.54, 1.807) is 6.92 Å². The van der Waals surface area contributed by atoms with Crippen molar-refractivity contribution in [1.29, 1.82) is 0 Å². The molecule has 1 aliphatic carbocycles. The highest BCUT2D eigenvalue weighted by molar-refractivity contribution is 5.74. The average molecular weight is 260 g/mol. The van der Waals surface area contributed by atoms with Gasteiger partial charge in [0.15, 0.2) is 0 Å². The molecule has 1 aromatic heterocycles. The molecular formula is C14H20N4O. The van der Waals surface area contributed by atoms with E-state index in [0.717, 1.165) is 42.8 Å². The zero-order valence-corrected chi connectivity index (χ0v) is 11.5. The van der Waals surface area contributed by atoms with Crippen LogP contribution in [0.15, 0.2) is 6.07 Å². The Labute approximate surface area is 113 Å². The first-order chi connectivity index (χ1) is 9.13. The Hall–Kier alpha value is -1.65. The molecule has 1 aliphatic heterocycles. The summed E-state index contributed by atoms with van der Waals surface area (Å²) in [7, 11) is 0. The minimum absolute atomic E-state index is 0.125. The van der Waals surface area contributed by atoms with Gasteiger partial charge in [0.1, 0.15) is 11.6 Å². The van der Waals surface area contributed by atoms with Crippen LogP contribution in [-0.2, 0) is 4.79 Å². The van der Waals surface area contributed by atoms with Crippen LogP contribution in [0.25, 0.3) is 0 Å². The molecule has 1 saturated carbocycles. The third-order valence-corrected chi connectivity index (χ3v) is 3.89. The first-order valence-electron chi connectivity index (χ1n) is 7.00. The van der Waals surface area contributed by atoms with E-state index in [-0.39, 0.29) is 11.9 Å². The quantitative estimate of drug-likeness (QED) is 0.898. The van der Waals surface area contributed by atoms with Gasteiger partial charge in [-0.05, 0) is 32.1 Å². The molecular weight excluding hydrogens is 240 g/mol. The summed E-state index contributed by atoms with van der Waals surface area (Å²) in [4.78, 5) is 22.2. The van der Waals surface area contributed by atoms with Gasteiger partial charge < -0.3 is 10.2 Å². The van der Waals surface area contributed by atoms with Gasteiger partial charge in [-0.2, -0.15) is 0 Å². The largest absolute Gasteiger partial charge is 0.370 e. The fourth-order valence-corrected chi connectivity index (χ4v) is 2.49. The topological polar surface area (TPSA) is 58.1 Å². The summed E-state index contributed by atoms with van der Waals surface area (Å²) in [5, 5.41) is 3.38. The van der Waals surface area contributed by atoms with Crippen LogP contribution >= 0.6 is 0 Å². The second-order valence-electron chi connectivity index (χ2n) is 5.57. The van der Waals surface area contributed by atoms with Gasteiger partial charge in [0.05, 0.1) is 11.7 Å². The maximum atomic E-state index is 11.5. The van der Waals surface area contributed by atoms with E-state index in [2.05, 4.69) is 15.3 Å². The number of hydrogen-bond donors (Lipinski definition) is 1. The van der Waals surface area contributed by atoms with Crippen molar-refractivity contribution in [1.82, 2.24) is 14.9 Å². The second-order valence-corrected chi connectivity index (χ2v) is 5.57. The number of nitrogens with zero attached hydrogens (tertiary/aromatic N) is 3. The molecule has 2 fully saturated rings. The summed E-state index contributed by atoms with van der Waals surface area (Å²) < 4.78 is 0. The molecule has 0 spiro atoms. The van der Waals surface area contributed by atoms with E-state index >= 15 is 0 Å². The van der Waals surface area contributed by atoms with E-state index < -0.39 is 0 Å². The van der Waals surface area contributed by atoms with Gasteiger partial charge in [0, 0.05) is 26.1 Å². The maximum Gasteiger partial charge on any atom is 0.220 e. The predicted octanol–water partition coefficient (Wildman–Crippen LogP) is 1.90. The lowest BCUT2D eigenvalue weighted by Crippen LogP contribution is -2.44. The van der Waals surface area contributed by atoms with Crippen LogP contribution in [0.2, 0.25) is 0 Å². The van der Waals surface area contributed by atoms with E-state index in [4.69, 9.17) is 0 Å². The first-order valence-corrected chi connectivity index (χ1v) is 7.00. The normalized spacial score (nSPS) is 22.0. The smallest absolute Gasteiger partial charge is 0.220 e. The van der Waals surface area contributed by atoms with E-state index in [9.17, 15) is 4.79 Å². The van der Waals surface area contributed by atoms with Crippen molar-refractivity contribution in [2.45, 2.75) is 39.2 Å². The van der Waals surface area contributed by atoms with Crippen LogP contribution in [0, 0.1) is 12.8 Å². The first kappa shape index (κ1) is 12.4. The Morgan fingerprint density at radius 2 is 2.21 bits per heavy atom. The number of rotatable bonds is 4. The highest BCUT2D eigenvalue weighted by atomic mass is 16.2. The zero-order valence-electron chi connectivity index (χ0n) is 11.5. The number of aryl methyl sites for hydroxylation is 1. The third kappa shape index (κ3) is 2.69. The van der Waals surface area contributed by atoms with Crippen molar-refractivity contribution in [3.8, 4) is 0 Å². The molecule has 0 bridgehead atoms. The van der Waals surface area contributed by atoms with Crippen LogP contribution in [0.4, 0.5) is 5.82 Å². The SMILES string of the molecule is CC(=O)N1CCC1c1cc(NCC2CC2)nc(C)n1. The Bertz CT molecular complexity index is 498. The van der Waals surface area contributed by atoms with Crippen LogP contribution in [0.3, 0.4) is 0 Å². The van der Waals surface area contributed by atoms with Gasteiger partial charge in [-0.1, -0.05) is 0 Å². The summed E-state index contributed by atoms with van der Waals surface area (Å²) in [6, 6.07) is 2.13. The minimum Gasteiger partial charge on any atom is -0.370 e. The number of hydrogen-bond acceptors (Lipinski definition) is 4. The number of carbonyl (C=O) groups excluding carboxylic acids is 1. The second kappa shape index (κ2) is 4.79. The van der Waals surface area contributed by atoms with Gasteiger partial charge in [-0.3, -0.25) is 4.79 Å². The van der Waals surface area contributed by atoms with Gasteiger partial charge in [-0.15, -0.1) is 0 Å². The summed E-state index contributed by atoms with van der Waals surface area (Å²) in [6.07, 6.45) is 3.65. The van der Waals surface area contributed by atoms with E-state index in [1.807, 2.05) is 17.9 Å². The number of carbonyl (C=O) groups is 1. The molecule has 102 valence electrons. The van der Waals surface area contributed by atoms with E-state index in [1.165, 1.54) is 12.8 Å². The molecule has 5 heteroatoms. The highest BCUT2D eigenvalue weighted by Crippen LogP contribution is 2.33. The lowest BCUT2D eigenvalue weighted by atomic mass is 9.99. The molecule has 1 N–H and O–H groups in total. The highest BCUT2D eigenvalue weighted by Gasteiger charge is 2.32. The van der Waals surface area contributed by atoms with Crippen molar-refractivity contribution in [3.05, 3.63) is 17.6 Å². The Kier molecular flexibility index (Phi) is 3.12. The van der Waals surface area contributed by atoms with Crippen molar-refractivity contribution in [2.24, 2.45) is 5.92 Å². The number of nitrogens with one attached hydrogen (secondary N) is 1. The molecule has 19 heavy (non-hydrogen) atoms. The molecule has 1 aromatic rings. The van der Waals surface area contributed by atoms with Crippen LogP contribution in [-0.4, -0.2) is 33.9 Å². The number of anilines is 1. The van der Waals surface area contributed by atoms with Gasteiger partial charge >= 0.3 is 0 Å². The van der Waals surface area contributed by atoms with E-state index in [0.29, 0.717) is 0 Å². The Balaban J connectivity index is 1.74. The molecule has 0 aromatic carbocycles. The van der Waals surface area contributed by atoms with Crippen molar-refractivity contribution in [2.75, 3.05) is 18.4 Å². The van der Waals surface area contributed by atoms with Gasteiger partial charge in [0.2, 0.25) is 5.91 Å². The molecule has 2 aliphatic rings. The van der Waals surface area contributed by atoms with Gasteiger partial charge in [-0.25, -0.2) is 9.97 Å². The summed E-state index contributed by atoms with van der Waals surface area (Å²) in [5.74, 6) is 2.60. The maximum absolute atomic E-state index is 11.5. The summed E-state index contributed by atoms with van der Waals surface area (Å²) in [5.41, 5.74) is 0.965. The van der Waals surface area contributed by atoms with Crippen molar-refractivity contribution in [3.63, 3.8) is 0 Å². The number of amides is 1. The average Bonchev–Trinajstić information content (AvgIpc) is 3.06. The third-order valence-electron chi connectivity index (χ3n) is 3.89. The monoisotopic (exact) mass is 260 g/mol. The summed E-state index contributed by atoms with van der Waals surface area (Å²) in [6.45, 7) is 5.36. The Morgan fingerprint density at radius 1 is 1.42 bits per heavy atom. The molecule has 2 heterocycles. The van der Waals surface area contributed by atoms with Crippen LogP contribution < -0.4 is 5.32 Å². The van der Waals surface area contributed by atoms with Gasteiger partial charge in [0.25, 0.3) is 0 Å². The van der Waals surface area contributed by atoms with Crippen LogP contribution in [0.5, 0.6) is 0 Å². The fourth-order valence-electron chi connectivity index (χ4n) is 2.49. The molecule has 1 amide bonds. The van der Waals surface area contributed by atoms with Crippen LogP contribution in [0.1, 0.15) is 43.7 Å². The lowest BCUT2D eigenvalue weighted by Gasteiger charge is -2.40. The van der Waals surface area contributed by atoms with Crippen molar-refractivity contribution < 1.29 is 4.79 Å². The van der Waals surface area contributed by atoms with Crippen molar-refractivity contribution >= 4 is 11.7 Å².